The molecule has 1 aromatic carbocycles. The highest BCUT2D eigenvalue weighted by molar-refractivity contribution is 5.45. The van der Waals surface area contributed by atoms with Gasteiger partial charge in [-0.15, -0.1) is 0 Å². The number of benzene rings is 1. The lowest BCUT2D eigenvalue weighted by molar-refractivity contribution is 0.171. The van der Waals surface area contributed by atoms with Crippen LogP contribution < -0.4 is 9.47 Å². The minimum Gasteiger partial charge on any atom is -0.486 e. The van der Waals surface area contributed by atoms with Crippen molar-refractivity contribution in [1.29, 1.82) is 5.26 Å². The normalized spacial score (nSPS) is 15.2. The Labute approximate surface area is 108 Å². The van der Waals surface area contributed by atoms with Gasteiger partial charge in [0.2, 0.25) is 0 Å². The van der Waals surface area contributed by atoms with Crippen molar-refractivity contribution in [3.8, 4) is 17.6 Å². The summed E-state index contributed by atoms with van der Waals surface area (Å²) in [5.41, 5.74) is 1.04. The molecule has 1 aromatic rings. The Morgan fingerprint density at radius 1 is 1.17 bits per heavy atom. The molecule has 1 aliphatic heterocycles. The third-order valence-corrected chi connectivity index (χ3v) is 3.58. The summed E-state index contributed by atoms with van der Waals surface area (Å²) in [4.78, 5) is 0. The Hall–Kier alpha value is -1.69. The van der Waals surface area contributed by atoms with Crippen LogP contribution in [-0.2, 0) is 0 Å². The molecule has 3 heteroatoms. The fraction of sp³-hybridized carbons (Fsp3) is 0.533. The molecule has 0 amide bonds. The Kier molecular flexibility index (Phi) is 4.09. The lowest BCUT2D eigenvalue weighted by Crippen LogP contribution is -2.16. The lowest BCUT2D eigenvalue weighted by atomic mass is 9.83. The molecule has 0 saturated carbocycles. The van der Waals surface area contributed by atoms with Crippen LogP contribution in [0.4, 0.5) is 0 Å². The van der Waals surface area contributed by atoms with Gasteiger partial charge in [0.1, 0.15) is 13.2 Å². The minimum atomic E-state index is -0.0594. The second-order valence-electron chi connectivity index (χ2n) is 4.59. The first-order valence-electron chi connectivity index (χ1n) is 6.59. The second kappa shape index (κ2) is 5.77. The second-order valence-corrected chi connectivity index (χ2v) is 4.59. The molecule has 0 radical (unpaired) electrons. The SMILES string of the molecule is CCC(CC)C(C#N)c1ccc2c(c1)OCCO2. The van der Waals surface area contributed by atoms with Crippen LogP contribution in [0.3, 0.4) is 0 Å². The summed E-state index contributed by atoms with van der Waals surface area (Å²) in [5, 5.41) is 9.39. The Morgan fingerprint density at radius 2 is 1.83 bits per heavy atom. The third-order valence-electron chi connectivity index (χ3n) is 3.58. The highest BCUT2D eigenvalue weighted by Gasteiger charge is 2.22. The van der Waals surface area contributed by atoms with Gasteiger partial charge in [0.25, 0.3) is 0 Å². The molecule has 1 atom stereocenters. The van der Waals surface area contributed by atoms with E-state index < -0.39 is 0 Å². The maximum Gasteiger partial charge on any atom is 0.161 e. The van der Waals surface area contributed by atoms with Gasteiger partial charge in [-0.3, -0.25) is 0 Å². The monoisotopic (exact) mass is 245 g/mol. The zero-order chi connectivity index (χ0) is 13.0. The van der Waals surface area contributed by atoms with Crippen molar-refractivity contribution in [2.24, 2.45) is 5.92 Å². The maximum absolute atomic E-state index is 9.39. The van der Waals surface area contributed by atoms with Gasteiger partial charge in [0, 0.05) is 0 Å². The summed E-state index contributed by atoms with van der Waals surface area (Å²) in [6, 6.07) is 8.29. The molecule has 96 valence electrons. The number of nitrogens with zero attached hydrogens (tertiary/aromatic N) is 1. The predicted octanol–water partition coefficient (Wildman–Crippen LogP) is 3.50. The quantitative estimate of drug-likeness (QED) is 0.815. The summed E-state index contributed by atoms with van der Waals surface area (Å²) < 4.78 is 11.1. The van der Waals surface area contributed by atoms with Crippen LogP contribution in [-0.4, -0.2) is 13.2 Å². The average molecular weight is 245 g/mol. The van der Waals surface area contributed by atoms with Crippen molar-refractivity contribution in [3.63, 3.8) is 0 Å². The van der Waals surface area contributed by atoms with Gasteiger partial charge < -0.3 is 9.47 Å². The van der Waals surface area contributed by atoms with Crippen LogP contribution in [0, 0.1) is 17.2 Å². The average Bonchev–Trinajstić information content (AvgIpc) is 2.44. The molecule has 0 aromatic heterocycles. The van der Waals surface area contributed by atoms with Gasteiger partial charge in [0.15, 0.2) is 11.5 Å². The minimum absolute atomic E-state index is 0.0594. The number of hydrogen-bond donors (Lipinski definition) is 0. The van der Waals surface area contributed by atoms with Crippen LogP contribution in [0.5, 0.6) is 11.5 Å². The fourth-order valence-corrected chi connectivity index (χ4v) is 2.47. The van der Waals surface area contributed by atoms with E-state index in [1.807, 2.05) is 18.2 Å². The molecule has 1 heterocycles. The summed E-state index contributed by atoms with van der Waals surface area (Å²) in [6.07, 6.45) is 2.03. The van der Waals surface area contributed by atoms with E-state index in [-0.39, 0.29) is 5.92 Å². The number of fused-ring (bicyclic) bond motifs is 1. The molecule has 3 nitrogen and oxygen atoms in total. The van der Waals surface area contributed by atoms with E-state index in [1.165, 1.54) is 0 Å². The standard InChI is InChI=1S/C15H19NO2/c1-3-11(4-2)13(10-16)12-5-6-14-15(9-12)18-8-7-17-14/h5-6,9,11,13H,3-4,7-8H2,1-2H3. The highest BCUT2D eigenvalue weighted by Crippen LogP contribution is 2.36. The molecule has 0 spiro atoms. The van der Waals surface area contributed by atoms with E-state index in [9.17, 15) is 5.26 Å². The molecule has 0 aliphatic carbocycles. The van der Waals surface area contributed by atoms with Gasteiger partial charge in [-0.25, -0.2) is 0 Å². The van der Waals surface area contributed by atoms with Crippen LogP contribution in [0.15, 0.2) is 18.2 Å². The van der Waals surface area contributed by atoms with Crippen LogP contribution in [0.2, 0.25) is 0 Å². The summed E-state index contributed by atoms with van der Waals surface area (Å²) in [6.45, 7) is 5.45. The highest BCUT2D eigenvalue weighted by atomic mass is 16.6. The van der Waals surface area contributed by atoms with Gasteiger partial charge >= 0.3 is 0 Å². The molecular formula is C15H19NO2. The first-order chi connectivity index (χ1) is 8.80. The Morgan fingerprint density at radius 3 is 2.44 bits per heavy atom. The van der Waals surface area contributed by atoms with Gasteiger partial charge in [-0.2, -0.15) is 5.26 Å². The fourth-order valence-electron chi connectivity index (χ4n) is 2.47. The first-order valence-corrected chi connectivity index (χ1v) is 6.59. The summed E-state index contributed by atoms with van der Waals surface area (Å²) in [7, 11) is 0. The topological polar surface area (TPSA) is 42.2 Å². The van der Waals surface area contributed by atoms with Crippen LogP contribution in [0.25, 0.3) is 0 Å². The van der Waals surface area contributed by atoms with Gasteiger partial charge in [-0.05, 0) is 23.6 Å². The zero-order valence-electron chi connectivity index (χ0n) is 11.0. The van der Waals surface area contributed by atoms with Crippen molar-refractivity contribution in [1.82, 2.24) is 0 Å². The third kappa shape index (κ3) is 2.43. The zero-order valence-corrected chi connectivity index (χ0v) is 11.0. The van der Waals surface area contributed by atoms with Crippen LogP contribution in [0.1, 0.15) is 38.2 Å². The molecular weight excluding hydrogens is 226 g/mol. The molecule has 1 unspecified atom stereocenters. The van der Waals surface area contributed by atoms with E-state index in [1.54, 1.807) is 0 Å². The molecule has 0 saturated heterocycles. The lowest BCUT2D eigenvalue weighted by Gasteiger charge is -2.22. The van der Waals surface area contributed by atoms with E-state index in [2.05, 4.69) is 19.9 Å². The first kappa shape index (κ1) is 12.8. The molecule has 0 bridgehead atoms. The predicted molar refractivity (Wildman–Crippen MR) is 69.9 cm³/mol. The van der Waals surface area contributed by atoms with E-state index in [4.69, 9.17) is 9.47 Å². The number of rotatable bonds is 4. The largest absolute Gasteiger partial charge is 0.486 e. The summed E-state index contributed by atoms with van der Waals surface area (Å²) >= 11 is 0. The van der Waals surface area contributed by atoms with Crippen molar-refractivity contribution in [2.75, 3.05) is 13.2 Å². The molecule has 0 N–H and O–H groups in total. The van der Waals surface area contributed by atoms with E-state index >= 15 is 0 Å². The number of ether oxygens (including phenoxy) is 2. The molecule has 2 rings (SSSR count). The number of nitriles is 1. The molecule has 0 fully saturated rings. The number of hydrogen-bond acceptors (Lipinski definition) is 3. The Balaban J connectivity index is 2.29. The van der Waals surface area contributed by atoms with Crippen molar-refractivity contribution < 1.29 is 9.47 Å². The van der Waals surface area contributed by atoms with Gasteiger partial charge in [-0.1, -0.05) is 32.8 Å². The van der Waals surface area contributed by atoms with E-state index in [0.717, 1.165) is 29.9 Å². The van der Waals surface area contributed by atoms with Crippen molar-refractivity contribution >= 4 is 0 Å². The molecule has 18 heavy (non-hydrogen) atoms. The van der Waals surface area contributed by atoms with Crippen molar-refractivity contribution in [2.45, 2.75) is 32.6 Å². The van der Waals surface area contributed by atoms with Gasteiger partial charge in [0.05, 0.1) is 12.0 Å². The Bertz CT molecular complexity index is 446. The van der Waals surface area contributed by atoms with E-state index in [0.29, 0.717) is 19.1 Å². The van der Waals surface area contributed by atoms with Crippen LogP contribution >= 0.6 is 0 Å². The smallest absolute Gasteiger partial charge is 0.161 e. The molecule has 1 aliphatic rings. The van der Waals surface area contributed by atoms with Crippen molar-refractivity contribution in [3.05, 3.63) is 23.8 Å². The maximum atomic E-state index is 9.39. The summed E-state index contributed by atoms with van der Waals surface area (Å²) in [5.74, 6) is 1.89.